The third-order valence-electron chi connectivity index (χ3n) is 4.04. The molecule has 3 aromatic rings. The Morgan fingerprint density at radius 3 is 2.60 bits per heavy atom. The van der Waals surface area contributed by atoms with Crippen LogP contribution in [0.5, 0.6) is 0 Å². The number of benzene rings is 2. The number of carbonyl (C=O) groups excluding carboxylic acids is 1. The van der Waals surface area contributed by atoms with E-state index in [9.17, 15) is 18.0 Å². The number of H-pyrrole nitrogens is 1. The molecule has 2 N–H and O–H groups in total. The average molecular weight is 529 g/mol. The molecule has 0 aliphatic heterocycles. The highest BCUT2D eigenvalue weighted by Crippen LogP contribution is 2.24. The summed E-state index contributed by atoms with van der Waals surface area (Å²) in [7, 11) is -4.01. The van der Waals surface area contributed by atoms with Crippen LogP contribution in [-0.4, -0.2) is 30.0 Å². The summed E-state index contributed by atoms with van der Waals surface area (Å²) >= 11 is 10.2. The molecule has 0 unspecified atom stereocenters. The molecule has 2 aromatic carbocycles. The molecule has 1 aromatic heterocycles. The standard InChI is InChI=1S/C19H15BrClN3O4S2/c1-11-14(21)3-2-4-15(11)23-17(25)10-29-19-22-9-16(18(26)24-19)30(27,28)13-7-5-12(20)6-8-13/h2-9H,10H2,1H3,(H,23,25)(H,22,24,26). The number of rotatable bonds is 6. The van der Waals surface area contributed by atoms with Gasteiger partial charge in [0.15, 0.2) is 10.1 Å². The number of carbonyl (C=O) groups is 1. The third-order valence-corrected chi connectivity index (χ3v) is 7.63. The van der Waals surface area contributed by atoms with Crippen molar-refractivity contribution in [3.8, 4) is 0 Å². The highest BCUT2D eigenvalue weighted by Gasteiger charge is 2.22. The summed E-state index contributed by atoms with van der Waals surface area (Å²) in [6, 6.07) is 11.1. The quantitative estimate of drug-likeness (QED) is 0.369. The topological polar surface area (TPSA) is 109 Å². The second kappa shape index (κ2) is 9.34. The highest BCUT2D eigenvalue weighted by atomic mass is 79.9. The van der Waals surface area contributed by atoms with Gasteiger partial charge < -0.3 is 10.3 Å². The van der Waals surface area contributed by atoms with Crippen LogP contribution in [0.25, 0.3) is 0 Å². The van der Waals surface area contributed by atoms with Gasteiger partial charge in [0.25, 0.3) is 5.56 Å². The number of hydrogen-bond acceptors (Lipinski definition) is 6. The number of nitrogens with one attached hydrogen (secondary N) is 2. The maximum Gasteiger partial charge on any atom is 0.270 e. The number of amides is 1. The fraction of sp³-hybridized carbons (Fsp3) is 0.105. The molecule has 11 heteroatoms. The molecule has 0 bridgehead atoms. The Labute approximate surface area is 190 Å². The maximum absolute atomic E-state index is 12.6. The van der Waals surface area contributed by atoms with Crippen molar-refractivity contribution < 1.29 is 13.2 Å². The van der Waals surface area contributed by atoms with Gasteiger partial charge in [-0.15, -0.1) is 0 Å². The summed E-state index contributed by atoms with van der Waals surface area (Å²) in [5.41, 5.74) is 0.526. The van der Waals surface area contributed by atoms with Gasteiger partial charge in [-0.05, 0) is 48.9 Å². The molecule has 0 radical (unpaired) electrons. The lowest BCUT2D eigenvalue weighted by molar-refractivity contribution is -0.113. The molecule has 0 atom stereocenters. The largest absolute Gasteiger partial charge is 0.325 e. The molecule has 1 amide bonds. The van der Waals surface area contributed by atoms with E-state index in [1.807, 2.05) is 0 Å². The number of sulfone groups is 1. The van der Waals surface area contributed by atoms with E-state index >= 15 is 0 Å². The lowest BCUT2D eigenvalue weighted by atomic mass is 10.2. The van der Waals surface area contributed by atoms with Crippen molar-refractivity contribution in [2.45, 2.75) is 21.9 Å². The first-order valence-corrected chi connectivity index (χ1v) is 12.1. The smallest absolute Gasteiger partial charge is 0.270 e. The van der Waals surface area contributed by atoms with Gasteiger partial charge in [-0.2, -0.15) is 0 Å². The first-order valence-electron chi connectivity index (χ1n) is 8.46. The molecule has 30 heavy (non-hydrogen) atoms. The monoisotopic (exact) mass is 527 g/mol. The van der Waals surface area contributed by atoms with E-state index in [-0.39, 0.29) is 21.7 Å². The second-order valence-corrected chi connectivity index (χ2v) is 10.3. The molecule has 1 heterocycles. The van der Waals surface area contributed by atoms with Gasteiger partial charge in [0.1, 0.15) is 0 Å². The van der Waals surface area contributed by atoms with E-state index in [0.29, 0.717) is 15.2 Å². The Morgan fingerprint density at radius 1 is 1.23 bits per heavy atom. The van der Waals surface area contributed by atoms with Gasteiger partial charge >= 0.3 is 0 Å². The lowest BCUT2D eigenvalue weighted by Gasteiger charge is -2.09. The minimum absolute atomic E-state index is 0.0188. The van der Waals surface area contributed by atoms with Crippen LogP contribution in [-0.2, 0) is 14.6 Å². The summed E-state index contributed by atoms with van der Waals surface area (Å²) in [6.45, 7) is 1.79. The van der Waals surface area contributed by atoms with Crippen molar-refractivity contribution in [3.05, 3.63) is 74.1 Å². The predicted octanol–water partition coefficient (Wildman–Crippen LogP) is 4.06. The van der Waals surface area contributed by atoms with E-state index in [1.54, 1.807) is 37.3 Å². The Kier molecular flexibility index (Phi) is 7.02. The number of hydrogen-bond donors (Lipinski definition) is 2. The first-order chi connectivity index (χ1) is 14.2. The Balaban J connectivity index is 1.71. The molecular formula is C19H15BrClN3O4S2. The SMILES string of the molecule is Cc1c(Cl)cccc1NC(=O)CSc1ncc(S(=O)(=O)c2ccc(Br)cc2)c(=O)[nH]1. The molecule has 0 aliphatic rings. The van der Waals surface area contributed by atoms with Crippen LogP contribution < -0.4 is 10.9 Å². The van der Waals surface area contributed by atoms with Crippen LogP contribution in [0.2, 0.25) is 5.02 Å². The lowest BCUT2D eigenvalue weighted by Crippen LogP contribution is -2.20. The van der Waals surface area contributed by atoms with E-state index in [1.165, 1.54) is 12.1 Å². The van der Waals surface area contributed by atoms with Crippen molar-refractivity contribution in [1.29, 1.82) is 0 Å². The zero-order valence-corrected chi connectivity index (χ0v) is 19.5. The molecule has 0 saturated carbocycles. The summed E-state index contributed by atoms with van der Waals surface area (Å²) in [4.78, 5) is 30.4. The number of halogens is 2. The fourth-order valence-corrected chi connectivity index (χ4v) is 4.74. The Morgan fingerprint density at radius 2 is 1.93 bits per heavy atom. The van der Waals surface area contributed by atoms with Gasteiger partial charge in [0.2, 0.25) is 15.7 Å². The molecule has 156 valence electrons. The Bertz CT molecular complexity index is 1260. The van der Waals surface area contributed by atoms with Crippen LogP contribution >= 0.6 is 39.3 Å². The molecular weight excluding hydrogens is 514 g/mol. The molecule has 3 rings (SSSR count). The van der Waals surface area contributed by atoms with Gasteiger partial charge in [0, 0.05) is 15.2 Å². The van der Waals surface area contributed by atoms with Crippen molar-refractivity contribution in [3.63, 3.8) is 0 Å². The molecule has 0 aliphatic carbocycles. The zero-order valence-electron chi connectivity index (χ0n) is 15.5. The van der Waals surface area contributed by atoms with Crippen molar-refractivity contribution in [2.75, 3.05) is 11.1 Å². The second-order valence-electron chi connectivity index (χ2n) is 6.09. The normalized spacial score (nSPS) is 11.3. The van der Waals surface area contributed by atoms with Crippen LogP contribution in [0.1, 0.15) is 5.56 Å². The number of anilines is 1. The number of thioether (sulfide) groups is 1. The van der Waals surface area contributed by atoms with E-state index in [2.05, 4.69) is 31.2 Å². The van der Waals surface area contributed by atoms with E-state index < -0.39 is 20.3 Å². The molecule has 0 spiro atoms. The van der Waals surface area contributed by atoms with Crippen molar-refractivity contribution >= 4 is 60.7 Å². The Hall–Kier alpha value is -2.14. The minimum Gasteiger partial charge on any atom is -0.325 e. The van der Waals surface area contributed by atoms with Crippen molar-refractivity contribution in [2.24, 2.45) is 0 Å². The third kappa shape index (κ3) is 5.12. The van der Waals surface area contributed by atoms with Gasteiger partial charge in [-0.3, -0.25) is 9.59 Å². The summed E-state index contributed by atoms with van der Waals surface area (Å²) < 4.78 is 26.0. The molecule has 0 fully saturated rings. The first kappa shape index (κ1) is 22.5. The molecule has 7 nitrogen and oxygen atoms in total. The number of aromatic nitrogens is 2. The van der Waals surface area contributed by atoms with Crippen LogP contribution in [0.15, 0.2) is 72.9 Å². The van der Waals surface area contributed by atoms with Crippen LogP contribution in [0.3, 0.4) is 0 Å². The van der Waals surface area contributed by atoms with Crippen LogP contribution in [0.4, 0.5) is 5.69 Å². The van der Waals surface area contributed by atoms with E-state index in [4.69, 9.17) is 11.6 Å². The van der Waals surface area contributed by atoms with Crippen molar-refractivity contribution in [1.82, 2.24) is 9.97 Å². The van der Waals surface area contributed by atoms with Crippen LogP contribution in [0, 0.1) is 6.92 Å². The summed E-state index contributed by atoms with van der Waals surface area (Å²) in [5.74, 6) is -0.354. The number of nitrogens with zero attached hydrogens (tertiary/aromatic N) is 1. The average Bonchev–Trinajstić information content (AvgIpc) is 2.70. The van der Waals surface area contributed by atoms with E-state index in [0.717, 1.165) is 23.5 Å². The molecule has 0 saturated heterocycles. The number of aromatic amines is 1. The zero-order chi connectivity index (χ0) is 21.9. The van der Waals surface area contributed by atoms with Gasteiger partial charge in [0.05, 0.1) is 16.8 Å². The maximum atomic E-state index is 12.6. The summed E-state index contributed by atoms with van der Waals surface area (Å²) in [5, 5.41) is 3.40. The summed E-state index contributed by atoms with van der Waals surface area (Å²) in [6.07, 6.45) is 0.998. The predicted molar refractivity (Wildman–Crippen MR) is 120 cm³/mol. The fourth-order valence-electron chi connectivity index (χ4n) is 2.44. The highest BCUT2D eigenvalue weighted by molar-refractivity contribution is 9.10. The minimum atomic E-state index is -4.01. The van der Waals surface area contributed by atoms with Gasteiger partial charge in [-0.1, -0.05) is 45.4 Å². The van der Waals surface area contributed by atoms with Gasteiger partial charge in [-0.25, -0.2) is 13.4 Å².